The lowest BCUT2D eigenvalue weighted by molar-refractivity contribution is -0.198. The predicted octanol–water partition coefficient (Wildman–Crippen LogP) is 4.75. The number of fused-ring (bicyclic) bond motifs is 3. The van der Waals surface area contributed by atoms with Crippen molar-refractivity contribution in [2.45, 2.75) is 91.5 Å². The fraction of sp³-hybridized carbons (Fsp3) is 0.800. The van der Waals surface area contributed by atoms with Gasteiger partial charge in [-0.3, -0.25) is 0 Å². The Morgan fingerprint density at radius 3 is 2.34 bits per heavy atom. The Morgan fingerprint density at radius 2 is 1.69 bits per heavy atom. The fourth-order valence-electron chi connectivity index (χ4n) is 8.20. The number of carbonyl (C=O) groups excluding carboxylic acids is 1. The summed E-state index contributed by atoms with van der Waals surface area (Å²) in [7, 11) is 0. The summed E-state index contributed by atoms with van der Waals surface area (Å²) in [5.74, 6) is 0.790. The van der Waals surface area contributed by atoms with E-state index in [1.165, 1.54) is 31.8 Å². The Labute approximate surface area is 175 Å². The average Bonchev–Trinajstić information content (AvgIpc) is 2.90. The molecule has 4 nitrogen and oxygen atoms in total. The van der Waals surface area contributed by atoms with E-state index in [9.17, 15) is 15.0 Å². The Balaban J connectivity index is 1.69. The number of aliphatic hydroxyl groups is 2. The number of rotatable bonds is 2. The third-order valence-electron chi connectivity index (χ3n) is 9.44. The third kappa shape index (κ3) is 3.22. The van der Waals surface area contributed by atoms with Crippen LogP contribution in [0.4, 0.5) is 0 Å². The molecule has 3 fully saturated rings. The van der Waals surface area contributed by atoms with E-state index in [1.807, 2.05) is 13.0 Å². The molecular weight excluding hydrogens is 364 g/mol. The highest BCUT2D eigenvalue weighted by molar-refractivity contribution is 5.86. The van der Waals surface area contributed by atoms with Gasteiger partial charge < -0.3 is 14.9 Å². The minimum atomic E-state index is -1.19. The molecule has 0 spiro atoms. The van der Waals surface area contributed by atoms with Crippen LogP contribution < -0.4 is 0 Å². The summed E-state index contributed by atoms with van der Waals surface area (Å²) in [5.41, 5.74) is 0.393. The molecule has 29 heavy (non-hydrogen) atoms. The van der Waals surface area contributed by atoms with E-state index < -0.39 is 17.9 Å². The minimum Gasteiger partial charge on any atom is -0.428 e. The first kappa shape index (κ1) is 21.1. The van der Waals surface area contributed by atoms with Crippen LogP contribution in [-0.2, 0) is 9.53 Å². The number of hydrogen-bond acceptors (Lipinski definition) is 4. The quantitative estimate of drug-likeness (QED) is 0.654. The predicted molar refractivity (Wildman–Crippen MR) is 113 cm³/mol. The van der Waals surface area contributed by atoms with E-state index in [-0.39, 0.29) is 11.3 Å². The van der Waals surface area contributed by atoms with Gasteiger partial charge in [-0.05, 0) is 73.5 Å². The van der Waals surface area contributed by atoms with Crippen LogP contribution >= 0.6 is 0 Å². The van der Waals surface area contributed by atoms with Gasteiger partial charge in [0.2, 0.25) is 6.29 Å². The Hall–Kier alpha value is -1.13. The van der Waals surface area contributed by atoms with E-state index in [2.05, 4.69) is 33.8 Å². The van der Waals surface area contributed by atoms with Gasteiger partial charge in [0.15, 0.2) is 0 Å². The summed E-state index contributed by atoms with van der Waals surface area (Å²) in [6.07, 6.45) is 12.1. The maximum absolute atomic E-state index is 11.5. The van der Waals surface area contributed by atoms with Crippen molar-refractivity contribution in [3.8, 4) is 0 Å². The van der Waals surface area contributed by atoms with Crippen molar-refractivity contribution in [3.63, 3.8) is 0 Å². The van der Waals surface area contributed by atoms with Gasteiger partial charge in [-0.15, -0.1) is 0 Å². The van der Waals surface area contributed by atoms with Crippen LogP contribution in [0.25, 0.3) is 0 Å². The first-order valence-electron chi connectivity index (χ1n) is 11.4. The second kappa shape index (κ2) is 6.68. The van der Waals surface area contributed by atoms with Gasteiger partial charge in [-0.1, -0.05) is 46.3 Å². The van der Waals surface area contributed by atoms with E-state index >= 15 is 0 Å². The first-order chi connectivity index (χ1) is 13.4. The van der Waals surface area contributed by atoms with Gasteiger partial charge >= 0.3 is 5.97 Å². The molecule has 0 amide bonds. The van der Waals surface area contributed by atoms with Crippen molar-refractivity contribution in [2.24, 2.45) is 34.0 Å². The lowest BCUT2D eigenvalue weighted by Gasteiger charge is -2.67. The number of cyclic esters (lactones) is 1. The van der Waals surface area contributed by atoms with Crippen LogP contribution in [0.2, 0.25) is 0 Å². The number of aliphatic hydroxyl groups excluding tert-OH is 1. The largest absolute Gasteiger partial charge is 0.428 e. The van der Waals surface area contributed by atoms with Crippen LogP contribution in [0.3, 0.4) is 0 Å². The molecular formula is C25H38O4. The van der Waals surface area contributed by atoms with Crippen LogP contribution in [0.5, 0.6) is 0 Å². The molecule has 0 aromatic rings. The van der Waals surface area contributed by atoms with Crippen LogP contribution in [0.1, 0.15) is 79.6 Å². The highest BCUT2D eigenvalue weighted by Gasteiger charge is 2.63. The normalized spacial score (nSPS) is 49.3. The van der Waals surface area contributed by atoms with Crippen molar-refractivity contribution in [1.82, 2.24) is 0 Å². The van der Waals surface area contributed by atoms with Crippen molar-refractivity contribution >= 4 is 5.97 Å². The Bertz CT molecular complexity index is 748. The van der Waals surface area contributed by atoms with E-state index in [0.717, 1.165) is 25.2 Å². The van der Waals surface area contributed by atoms with Gasteiger partial charge in [0.1, 0.15) is 0 Å². The zero-order chi connectivity index (χ0) is 21.2. The minimum absolute atomic E-state index is 0.00586. The highest BCUT2D eigenvalue weighted by atomic mass is 16.6. The van der Waals surface area contributed by atoms with Gasteiger partial charge in [0.05, 0.1) is 5.60 Å². The molecule has 2 N–H and O–H groups in total. The van der Waals surface area contributed by atoms with Gasteiger partial charge in [-0.25, -0.2) is 4.79 Å². The average molecular weight is 403 g/mol. The standard InChI is InChI=1S/C25H38O4/c1-22(2)11-6-12-23(3)17(22)9-13-24(4)18(23)10-14-25(5,28)19(24)8-7-16-15-20(26)29-21(16)27/h7-8,15,17-19,21,27-28H,6,9-14H2,1-5H3/b8-7+/t17-,18+,19-,21+,23+,24-,25-/m1/s1. The summed E-state index contributed by atoms with van der Waals surface area (Å²) in [4.78, 5) is 11.5. The molecule has 3 aliphatic carbocycles. The SMILES string of the molecule is CC1(C)CCC[C@]2(C)[C@@H]3CC[C@@](C)(O)[C@H](/C=C/C4=CC(=O)O[C@@H]4O)[C@]3(C)CC[C@H]12. The van der Waals surface area contributed by atoms with Gasteiger partial charge in [0.25, 0.3) is 0 Å². The zero-order valence-corrected chi connectivity index (χ0v) is 18.7. The van der Waals surface area contributed by atoms with Crippen LogP contribution in [0.15, 0.2) is 23.8 Å². The molecule has 4 rings (SSSR count). The molecule has 0 unspecified atom stereocenters. The molecule has 0 bridgehead atoms. The summed E-state index contributed by atoms with van der Waals surface area (Å²) < 4.78 is 4.82. The Morgan fingerprint density at radius 1 is 1.00 bits per heavy atom. The molecule has 1 heterocycles. The maximum atomic E-state index is 11.5. The number of ether oxygens (including phenoxy) is 1. The van der Waals surface area contributed by atoms with Crippen LogP contribution in [0, 0.1) is 34.0 Å². The van der Waals surface area contributed by atoms with E-state index in [0.29, 0.717) is 22.3 Å². The topological polar surface area (TPSA) is 66.8 Å². The Kier molecular flexibility index (Phi) is 4.87. The second-order valence-corrected chi connectivity index (χ2v) is 11.7. The molecule has 4 aliphatic rings. The zero-order valence-electron chi connectivity index (χ0n) is 18.7. The van der Waals surface area contributed by atoms with Crippen molar-refractivity contribution in [3.05, 3.63) is 23.8 Å². The maximum Gasteiger partial charge on any atom is 0.333 e. The van der Waals surface area contributed by atoms with Crippen molar-refractivity contribution in [1.29, 1.82) is 0 Å². The fourth-order valence-corrected chi connectivity index (χ4v) is 8.20. The molecule has 4 heteroatoms. The monoisotopic (exact) mass is 402 g/mol. The molecule has 3 saturated carbocycles. The third-order valence-corrected chi connectivity index (χ3v) is 9.44. The number of carbonyl (C=O) groups is 1. The smallest absolute Gasteiger partial charge is 0.333 e. The molecule has 0 aromatic heterocycles. The summed E-state index contributed by atoms with van der Waals surface area (Å²) >= 11 is 0. The summed E-state index contributed by atoms with van der Waals surface area (Å²) in [6.45, 7) is 11.8. The number of hydrogen-bond donors (Lipinski definition) is 2. The van der Waals surface area contributed by atoms with E-state index in [4.69, 9.17) is 4.74 Å². The highest BCUT2D eigenvalue weighted by Crippen LogP contribution is 2.69. The first-order valence-corrected chi connectivity index (χ1v) is 11.4. The molecule has 0 aromatic carbocycles. The number of esters is 1. The van der Waals surface area contributed by atoms with Gasteiger partial charge in [0, 0.05) is 17.6 Å². The lowest BCUT2D eigenvalue weighted by atomic mass is 9.38. The van der Waals surface area contributed by atoms with Gasteiger partial charge in [-0.2, -0.15) is 0 Å². The molecule has 7 atom stereocenters. The summed E-state index contributed by atoms with van der Waals surface area (Å²) in [5, 5.41) is 21.3. The second-order valence-electron chi connectivity index (χ2n) is 11.7. The lowest BCUT2D eigenvalue weighted by Crippen LogP contribution is -2.62. The molecule has 0 radical (unpaired) electrons. The van der Waals surface area contributed by atoms with Crippen molar-refractivity contribution in [2.75, 3.05) is 0 Å². The molecule has 1 aliphatic heterocycles. The van der Waals surface area contributed by atoms with Crippen molar-refractivity contribution < 1.29 is 19.7 Å². The van der Waals surface area contributed by atoms with Crippen LogP contribution in [-0.4, -0.2) is 28.1 Å². The van der Waals surface area contributed by atoms with E-state index in [1.54, 1.807) is 0 Å². The summed E-state index contributed by atoms with van der Waals surface area (Å²) in [6, 6.07) is 0. The molecule has 0 saturated heterocycles. The molecule has 162 valence electrons.